The minimum atomic E-state index is -0.279. The predicted molar refractivity (Wildman–Crippen MR) is 66.6 cm³/mol. The zero-order valence-electron chi connectivity index (χ0n) is 10.3. The molecule has 90 valence electrons. The minimum Gasteiger partial charge on any atom is -0.396 e. The van der Waals surface area contributed by atoms with Crippen LogP contribution in [0.4, 0.5) is 10.1 Å². The van der Waals surface area contributed by atoms with Gasteiger partial charge in [0.1, 0.15) is 0 Å². The maximum atomic E-state index is 13.6. The van der Waals surface area contributed by atoms with Gasteiger partial charge in [-0.1, -0.05) is 26.0 Å². The third kappa shape index (κ3) is 3.81. The lowest BCUT2D eigenvalue weighted by Crippen LogP contribution is -2.21. The second-order valence-corrected chi connectivity index (χ2v) is 4.74. The van der Waals surface area contributed by atoms with Crippen LogP contribution in [0.1, 0.15) is 25.8 Å². The second-order valence-electron chi connectivity index (χ2n) is 4.74. The number of benzene rings is 1. The van der Waals surface area contributed by atoms with Crippen molar-refractivity contribution in [2.45, 2.75) is 26.8 Å². The fraction of sp³-hybridized carbons (Fsp3) is 0.538. The zero-order chi connectivity index (χ0) is 12.1. The van der Waals surface area contributed by atoms with Crippen molar-refractivity contribution in [2.75, 3.05) is 19.3 Å². The van der Waals surface area contributed by atoms with Gasteiger partial charge in [0.2, 0.25) is 0 Å². The van der Waals surface area contributed by atoms with Crippen LogP contribution >= 0.6 is 0 Å². The summed E-state index contributed by atoms with van der Waals surface area (Å²) in [6.45, 7) is 5.97. The fourth-order valence-corrected chi connectivity index (χ4v) is 1.57. The first-order valence-corrected chi connectivity index (χ1v) is 5.72. The molecule has 0 radical (unpaired) electrons. The SMILES string of the molecule is CC(C)CCN(C)Cc1cccc(N)c1F. The van der Waals surface area contributed by atoms with Gasteiger partial charge in [-0.25, -0.2) is 4.39 Å². The highest BCUT2D eigenvalue weighted by Crippen LogP contribution is 2.16. The van der Waals surface area contributed by atoms with Crippen molar-refractivity contribution in [3.8, 4) is 0 Å². The van der Waals surface area contributed by atoms with E-state index in [9.17, 15) is 4.39 Å². The van der Waals surface area contributed by atoms with E-state index in [1.807, 2.05) is 7.05 Å². The van der Waals surface area contributed by atoms with Crippen LogP contribution in [0.2, 0.25) is 0 Å². The molecule has 0 unspecified atom stereocenters. The Balaban J connectivity index is 2.56. The molecule has 1 aromatic carbocycles. The number of nitrogens with zero attached hydrogens (tertiary/aromatic N) is 1. The molecule has 0 atom stereocenters. The maximum absolute atomic E-state index is 13.6. The van der Waals surface area contributed by atoms with Crippen molar-refractivity contribution in [3.05, 3.63) is 29.6 Å². The van der Waals surface area contributed by atoms with Gasteiger partial charge in [0, 0.05) is 12.1 Å². The number of hydrogen-bond acceptors (Lipinski definition) is 2. The summed E-state index contributed by atoms with van der Waals surface area (Å²) in [5, 5.41) is 0. The minimum absolute atomic E-state index is 0.231. The van der Waals surface area contributed by atoms with Crippen LogP contribution in [-0.2, 0) is 6.54 Å². The first-order valence-electron chi connectivity index (χ1n) is 5.72. The molecule has 0 amide bonds. The molecule has 0 spiro atoms. The summed E-state index contributed by atoms with van der Waals surface area (Å²) in [7, 11) is 2.00. The van der Waals surface area contributed by atoms with E-state index in [1.165, 1.54) is 0 Å². The van der Waals surface area contributed by atoms with Crippen molar-refractivity contribution < 1.29 is 4.39 Å². The number of halogens is 1. The lowest BCUT2D eigenvalue weighted by Gasteiger charge is -2.18. The van der Waals surface area contributed by atoms with E-state index in [0.717, 1.165) is 13.0 Å². The average molecular weight is 224 g/mol. The number of rotatable bonds is 5. The molecular weight excluding hydrogens is 203 g/mol. The van der Waals surface area contributed by atoms with E-state index in [0.29, 0.717) is 18.0 Å². The second kappa shape index (κ2) is 5.85. The van der Waals surface area contributed by atoms with E-state index in [4.69, 9.17) is 5.73 Å². The molecule has 1 rings (SSSR count). The Kier molecular flexibility index (Phi) is 4.74. The molecular formula is C13H21FN2. The normalized spacial score (nSPS) is 11.4. The zero-order valence-corrected chi connectivity index (χ0v) is 10.3. The van der Waals surface area contributed by atoms with Crippen LogP contribution in [0, 0.1) is 11.7 Å². The largest absolute Gasteiger partial charge is 0.396 e. The molecule has 0 fully saturated rings. The molecule has 0 aromatic heterocycles. The summed E-state index contributed by atoms with van der Waals surface area (Å²) in [6.07, 6.45) is 1.13. The van der Waals surface area contributed by atoms with Crippen molar-refractivity contribution in [1.82, 2.24) is 4.90 Å². The van der Waals surface area contributed by atoms with Gasteiger partial charge < -0.3 is 10.6 Å². The van der Waals surface area contributed by atoms with E-state index in [2.05, 4.69) is 18.7 Å². The van der Waals surface area contributed by atoms with Gasteiger partial charge in [-0.05, 0) is 32.0 Å². The lowest BCUT2D eigenvalue weighted by atomic mass is 10.1. The molecule has 0 aliphatic carbocycles. The molecule has 0 aliphatic heterocycles. The Labute approximate surface area is 97.3 Å². The number of nitrogens with two attached hydrogens (primary N) is 1. The first-order chi connectivity index (χ1) is 7.50. The van der Waals surface area contributed by atoms with Gasteiger partial charge in [0.25, 0.3) is 0 Å². The predicted octanol–water partition coefficient (Wildman–Crippen LogP) is 2.89. The Morgan fingerprint density at radius 1 is 1.38 bits per heavy atom. The summed E-state index contributed by atoms with van der Waals surface area (Å²) < 4.78 is 13.6. The molecule has 1 aromatic rings. The van der Waals surface area contributed by atoms with Crippen molar-refractivity contribution in [3.63, 3.8) is 0 Å². The van der Waals surface area contributed by atoms with Crippen LogP contribution < -0.4 is 5.73 Å². The lowest BCUT2D eigenvalue weighted by molar-refractivity contribution is 0.299. The van der Waals surface area contributed by atoms with E-state index in [1.54, 1.807) is 18.2 Å². The maximum Gasteiger partial charge on any atom is 0.150 e. The van der Waals surface area contributed by atoms with Crippen LogP contribution in [-0.4, -0.2) is 18.5 Å². The summed E-state index contributed by atoms with van der Waals surface area (Å²) in [4.78, 5) is 2.12. The monoisotopic (exact) mass is 224 g/mol. The van der Waals surface area contributed by atoms with Crippen LogP contribution in [0.15, 0.2) is 18.2 Å². The highest BCUT2D eigenvalue weighted by atomic mass is 19.1. The third-order valence-corrected chi connectivity index (χ3v) is 2.64. The van der Waals surface area contributed by atoms with Gasteiger partial charge in [-0.2, -0.15) is 0 Å². The van der Waals surface area contributed by atoms with Crippen LogP contribution in [0.25, 0.3) is 0 Å². The Bertz CT molecular complexity index is 337. The summed E-state index contributed by atoms with van der Waals surface area (Å²) in [5.41, 5.74) is 6.43. The molecule has 0 aliphatic rings. The Morgan fingerprint density at radius 3 is 2.69 bits per heavy atom. The summed E-state index contributed by atoms with van der Waals surface area (Å²) in [6, 6.07) is 5.18. The van der Waals surface area contributed by atoms with E-state index in [-0.39, 0.29) is 11.5 Å². The topological polar surface area (TPSA) is 29.3 Å². The molecule has 2 nitrogen and oxygen atoms in total. The van der Waals surface area contributed by atoms with Crippen molar-refractivity contribution in [1.29, 1.82) is 0 Å². The molecule has 0 saturated heterocycles. The van der Waals surface area contributed by atoms with Crippen molar-refractivity contribution in [2.24, 2.45) is 5.92 Å². The number of nitrogen functional groups attached to an aromatic ring is 1. The standard InChI is InChI=1S/C13H21FN2/c1-10(2)7-8-16(3)9-11-5-4-6-12(15)13(11)14/h4-6,10H,7-9,15H2,1-3H3. The summed E-state index contributed by atoms with van der Waals surface area (Å²) in [5.74, 6) is 0.395. The molecule has 2 N–H and O–H groups in total. The smallest absolute Gasteiger partial charge is 0.150 e. The average Bonchev–Trinajstić information content (AvgIpc) is 2.22. The van der Waals surface area contributed by atoms with Gasteiger partial charge in [0.15, 0.2) is 5.82 Å². The van der Waals surface area contributed by atoms with E-state index >= 15 is 0 Å². The number of anilines is 1. The molecule has 3 heteroatoms. The fourth-order valence-electron chi connectivity index (χ4n) is 1.57. The number of hydrogen-bond donors (Lipinski definition) is 1. The summed E-state index contributed by atoms with van der Waals surface area (Å²) >= 11 is 0. The van der Waals surface area contributed by atoms with Gasteiger partial charge >= 0.3 is 0 Å². The molecule has 0 heterocycles. The quantitative estimate of drug-likeness (QED) is 0.779. The molecule has 0 bridgehead atoms. The van der Waals surface area contributed by atoms with Crippen molar-refractivity contribution >= 4 is 5.69 Å². The third-order valence-electron chi connectivity index (χ3n) is 2.64. The van der Waals surface area contributed by atoms with Gasteiger partial charge in [-0.3, -0.25) is 0 Å². The Hall–Kier alpha value is -1.09. The van der Waals surface area contributed by atoms with E-state index < -0.39 is 0 Å². The van der Waals surface area contributed by atoms with Gasteiger partial charge in [-0.15, -0.1) is 0 Å². The van der Waals surface area contributed by atoms with Gasteiger partial charge in [0.05, 0.1) is 5.69 Å². The molecule has 16 heavy (non-hydrogen) atoms. The highest BCUT2D eigenvalue weighted by molar-refractivity contribution is 5.42. The van der Waals surface area contributed by atoms with Crippen LogP contribution in [0.5, 0.6) is 0 Å². The first kappa shape index (κ1) is 13.0. The highest BCUT2D eigenvalue weighted by Gasteiger charge is 2.08. The Morgan fingerprint density at radius 2 is 2.06 bits per heavy atom. The molecule has 0 saturated carbocycles. The van der Waals surface area contributed by atoms with Crippen LogP contribution in [0.3, 0.4) is 0 Å².